The Hall–Kier alpha value is -1.81. The van der Waals surface area contributed by atoms with E-state index in [2.05, 4.69) is 11.9 Å². The Kier molecular flexibility index (Phi) is 3.97. The maximum absolute atomic E-state index is 13.9. The molecule has 0 bridgehead atoms. The summed E-state index contributed by atoms with van der Waals surface area (Å²) in [4.78, 5) is 4.42. The molecule has 1 fully saturated rings. The van der Waals surface area contributed by atoms with Crippen molar-refractivity contribution in [3.05, 3.63) is 53.9 Å². The fourth-order valence-electron chi connectivity index (χ4n) is 2.86. The van der Waals surface area contributed by atoms with Crippen LogP contribution < -0.4 is 0 Å². The van der Waals surface area contributed by atoms with Crippen LogP contribution >= 0.6 is 0 Å². The van der Waals surface area contributed by atoms with Crippen LogP contribution in [0.1, 0.15) is 25.0 Å². The van der Waals surface area contributed by atoms with E-state index in [9.17, 15) is 8.78 Å². The van der Waals surface area contributed by atoms with Crippen molar-refractivity contribution in [1.82, 2.24) is 4.98 Å². The third-order valence-corrected chi connectivity index (χ3v) is 4.04. The average Bonchev–Trinajstić information content (AvgIpc) is 2.50. The summed E-state index contributed by atoms with van der Waals surface area (Å²) in [7, 11) is 0. The van der Waals surface area contributed by atoms with Gasteiger partial charge in [0.05, 0.1) is 0 Å². The number of hydrogen-bond acceptors (Lipinski definition) is 2. The van der Waals surface area contributed by atoms with Gasteiger partial charge in [0.2, 0.25) is 0 Å². The molecule has 110 valence electrons. The van der Waals surface area contributed by atoms with E-state index in [4.69, 9.17) is 4.74 Å². The Morgan fingerprint density at radius 2 is 2.05 bits per heavy atom. The topological polar surface area (TPSA) is 22.1 Å². The molecule has 3 rings (SSSR count). The van der Waals surface area contributed by atoms with Crippen molar-refractivity contribution in [3.8, 4) is 11.1 Å². The summed E-state index contributed by atoms with van der Waals surface area (Å²) in [5.41, 5.74) is 1.86. The Labute approximate surface area is 122 Å². The average molecular weight is 289 g/mol. The second-order valence-electron chi connectivity index (χ2n) is 5.54. The lowest BCUT2D eigenvalue weighted by atomic mass is 9.86. The highest BCUT2D eigenvalue weighted by Gasteiger charge is 2.25. The van der Waals surface area contributed by atoms with E-state index < -0.39 is 11.6 Å². The molecule has 1 aliphatic rings. The number of ether oxygens (including phenoxy) is 1. The maximum atomic E-state index is 13.9. The van der Waals surface area contributed by atoms with E-state index in [1.165, 1.54) is 6.07 Å². The molecule has 2 atom stereocenters. The van der Waals surface area contributed by atoms with Crippen LogP contribution in [0.2, 0.25) is 0 Å². The van der Waals surface area contributed by atoms with Crippen LogP contribution in [0.4, 0.5) is 8.78 Å². The number of pyridine rings is 1. The van der Waals surface area contributed by atoms with Gasteiger partial charge in [-0.3, -0.25) is 4.98 Å². The number of rotatable bonds is 2. The van der Waals surface area contributed by atoms with Crippen molar-refractivity contribution in [2.24, 2.45) is 5.92 Å². The van der Waals surface area contributed by atoms with Crippen molar-refractivity contribution in [1.29, 1.82) is 0 Å². The molecule has 1 aliphatic heterocycles. The molecule has 1 aromatic heterocycles. The zero-order chi connectivity index (χ0) is 14.8. The highest BCUT2D eigenvalue weighted by atomic mass is 19.1. The summed E-state index contributed by atoms with van der Waals surface area (Å²) in [5.74, 6) is -0.188. The molecule has 0 N–H and O–H groups in total. The smallest absolute Gasteiger partial charge is 0.131 e. The van der Waals surface area contributed by atoms with Gasteiger partial charge in [-0.1, -0.05) is 6.92 Å². The molecule has 0 spiro atoms. The molecule has 0 aliphatic carbocycles. The van der Waals surface area contributed by atoms with Gasteiger partial charge in [0.1, 0.15) is 11.6 Å². The standard InChI is InChI=1S/C17H17F2NO/c1-11-10-21-7-5-14(11)17-8-12(4-6-20-17)15-9-13(18)2-3-16(15)19/h2-4,6,8-9,11,14H,5,7,10H2,1H3/t11-,14-/m1/s1. The molecule has 2 heterocycles. The summed E-state index contributed by atoms with van der Waals surface area (Å²) >= 11 is 0. The fraction of sp³-hybridized carbons (Fsp3) is 0.353. The van der Waals surface area contributed by atoms with Gasteiger partial charge < -0.3 is 4.74 Å². The third kappa shape index (κ3) is 2.95. The zero-order valence-corrected chi connectivity index (χ0v) is 11.9. The van der Waals surface area contributed by atoms with Gasteiger partial charge in [-0.15, -0.1) is 0 Å². The number of halogens is 2. The van der Waals surface area contributed by atoms with Crippen LogP contribution in [-0.2, 0) is 4.74 Å². The van der Waals surface area contributed by atoms with Crippen LogP contribution in [0.15, 0.2) is 36.5 Å². The fourth-order valence-corrected chi connectivity index (χ4v) is 2.86. The summed E-state index contributed by atoms with van der Waals surface area (Å²) in [6.07, 6.45) is 2.57. The Morgan fingerprint density at radius 3 is 2.86 bits per heavy atom. The Morgan fingerprint density at radius 1 is 1.19 bits per heavy atom. The molecule has 1 aromatic carbocycles. The summed E-state index contributed by atoms with van der Waals surface area (Å²) in [6.45, 7) is 3.56. The monoisotopic (exact) mass is 289 g/mol. The molecule has 0 radical (unpaired) electrons. The van der Waals surface area contributed by atoms with E-state index in [-0.39, 0.29) is 5.56 Å². The van der Waals surface area contributed by atoms with Crippen LogP contribution in [0.25, 0.3) is 11.1 Å². The van der Waals surface area contributed by atoms with Crippen molar-refractivity contribution in [2.45, 2.75) is 19.3 Å². The van der Waals surface area contributed by atoms with Crippen molar-refractivity contribution < 1.29 is 13.5 Å². The van der Waals surface area contributed by atoms with Gasteiger partial charge in [0, 0.05) is 36.6 Å². The van der Waals surface area contributed by atoms with Gasteiger partial charge >= 0.3 is 0 Å². The minimum atomic E-state index is -0.441. The van der Waals surface area contributed by atoms with Crippen molar-refractivity contribution in [3.63, 3.8) is 0 Å². The minimum absolute atomic E-state index is 0.276. The lowest BCUT2D eigenvalue weighted by Crippen LogP contribution is -2.24. The quantitative estimate of drug-likeness (QED) is 0.828. The second kappa shape index (κ2) is 5.90. The largest absolute Gasteiger partial charge is 0.381 e. The first-order valence-electron chi connectivity index (χ1n) is 7.14. The molecule has 4 heteroatoms. The normalized spacial score (nSPS) is 22.2. The molecule has 0 saturated carbocycles. The van der Waals surface area contributed by atoms with Crippen LogP contribution in [0.5, 0.6) is 0 Å². The lowest BCUT2D eigenvalue weighted by molar-refractivity contribution is 0.0463. The summed E-state index contributed by atoms with van der Waals surface area (Å²) in [6, 6.07) is 7.08. The van der Waals surface area contributed by atoms with Gasteiger partial charge in [-0.2, -0.15) is 0 Å². The molecule has 21 heavy (non-hydrogen) atoms. The number of nitrogens with zero attached hydrogens (tertiary/aromatic N) is 1. The van der Waals surface area contributed by atoms with Crippen molar-refractivity contribution in [2.75, 3.05) is 13.2 Å². The van der Waals surface area contributed by atoms with E-state index in [1.807, 2.05) is 6.07 Å². The first-order valence-corrected chi connectivity index (χ1v) is 7.14. The molecule has 2 nitrogen and oxygen atoms in total. The zero-order valence-electron chi connectivity index (χ0n) is 11.9. The molecule has 0 amide bonds. The molecular formula is C17H17F2NO. The maximum Gasteiger partial charge on any atom is 0.131 e. The van der Waals surface area contributed by atoms with Gasteiger partial charge in [-0.25, -0.2) is 8.78 Å². The number of aromatic nitrogens is 1. The second-order valence-corrected chi connectivity index (χ2v) is 5.54. The van der Waals surface area contributed by atoms with Gasteiger partial charge in [0.15, 0.2) is 0 Å². The molecule has 2 aromatic rings. The Balaban J connectivity index is 1.98. The Bertz CT molecular complexity index is 644. The van der Waals surface area contributed by atoms with Crippen LogP contribution in [-0.4, -0.2) is 18.2 Å². The number of benzene rings is 1. The highest BCUT2D eigenvalue weighted by molar-refractivity contribution is 5.64. The van der Waals surface area contributed by atoms with Gasteiger partial charge in [0.25, 0.3) is 0 Å². The highest BCUT2D eigenvalue weighted by Crippen LogP contribution is 2.33. The molecule has 0 unspecified atom stereocenters. The summed E-state index contributed by atoms with van der Waals surface area (Å²) in [5, 5.41) is 0. The van der Waals surface area contributed by atoms with Gasteiger partial charge in [-0.05, 0) is 48.2 Å². The summed E-state index contributed by atoms with van der Waals surface area (Å²) < 4.78 is 32.7. The van der Waals surface area contributed by atoms with Crippen LogP contribution in [0.3, 0.4) is 0 Å². The SMILES string of the molecule is C[C@@H]1COCC[C@H]1c1cc(-c2cc(F)ccc2F)ccn1. The van der Waals surface area contributed by atoms with E-state index in [1.54, 1.807) is 12.3 Å². The first-order chi connectivity index (χ1) is 10.1. The number of hydrogen-bond donors (Lipinski definition) is 0. The van der Waals surface area contributed by atoms with Crippen molar-refractivity contribution >= 4 is 0 Å². The predicted molar refractivity (Wildman–Crippen MR) is 76.9 cm³/mol. The third-order valence-electron chi connectivity index (χ3n) is 4.04. The van der Waals surface area contributed by atoms with E-state index in [0.29, 0.717) is 24.0 Å². The van der Waals surface area contributed by atoms with E-state index >= 15 is 0 Å². The molecule has 1 saturated heterocycles. The minimum Gasteiger partial charge on any atom is -0.381 e. The van der Waals surface area contributed by atoms with Crippen LogP contribution in [0, 0.1) is 17.6 Å². The lowest BCUT2D eigenvalue weighted by Gasteiger charge is -2.28. The molecular weight excluding hydrogens is 272 g/mol. The first kappa shape index (κ1) is 14.1. The predicted octanol–water partition coefficient (Wildman–Crippen LogP) is 4.17. The van der Waals surface area contributed by atoms with E-state index in [0.717, 1.165) is 30.9 Å².